The Morgan fingerprint density at radius 3 is 3.04 bits per heavy atom. The minimum Gasteiger partial charge on any atom is -0.381 e. The van der Waals surface area contributed by atoms with E-state index < -0.39 is 0 Å². The topological polar surface area (TPSA) is 69.0 Å². The molecule has 0 radical (unpaired) electrons. The molecule has 2 aliphatic rings. The maximum atomic E-state index is 12.3. The van der Waals surface area contributed by atoms with Gasteiger partial charge in [0.2, 0.25) is 5.91 Å². The van der Waals surface area contributed by atoms with E-state index in [9.17, 15) is 4.79 Å². The first-order valence-corrected chi connectivity index (χ1v) is 9.21. The van der Waals surface area contributed by atoms with Gasteiger partial charge in [-0.05, 0) is 37.5 Å². The first-order valence-electron chi connectivity index (χ1n) is 8.83. The molecule has 132 valence electrons. The van der Waals surface area contributed by atoms with Crippen LogP contribution in [0.1, 0.15) is 31.5 Å². The van der Waals surface area contributed by atoms with Crippen molar-refractivity contribution in [2.75, 3.05) is 18.5 Å². The zero-order chi connectivity index (χ0) is 17.2. The lowest BCUT2D eigenvalue weighted by Crippen LogP contribution is -2.22. The minimum atomic E-state index is -0.0801. The van der Waals surface area contributed by atoms with Gasteiger partial charge in [-0.15, -0.1) is 10.2 Å². The molecule has 0 aliphatic carbocycles. The summed E-state index contributed by atoms with van der Waals surface area (Å²) in [6.07, 6.45) is 5.18. The average Bonchev–Trinajstić information content (AvgIpc) is 3.22. The van der Waals surface area contributed by atoms with Crippen LogP contribution >= 0.6 is 11.6 Å². The Morgan fingerprint density at radius 1 is 1.28 bits per heavy atom. The number of nitrogens with one attached hydrogen (secondary N) is 1. The van der Waals surface area contributed by atoms with Crippen molar-refractivity contribution >= 4 is 23.2 Å². The minimum absolute atomic E-state index is 0.00848. The van der Waals surface area contributed by atoms with Crippen molar-refractivity contribution in [1.82, 2.24) is 14.8 Å². The summed E-state index contributed by atoms with van der Waals surface area (Å²) in [5.41, 5.74) is 1.53. The number of fused-ring (bicyclic) bond motifs is 1. The Bertz CT molecular complexity index is 783. The van der Waals surface area contributed by atoms with Gasteiger partial charge in [0.05, 0.1) is 17.5 Å². The highest BCUT2D eigenvalue weighted by Gasteiger charge is 2.24. The van der Waals surface area contributed by atoms with E-state index in [4.69, 9.17) is 16.3 Å². The predicted octanol–water partition coefficient (Wildman–Crippen LogP) is 3.30. The third-order valence-corrected chi connectivity index (χ3v) is 5.21. The van der Waals surface area contributed by atoms with E-state index in [0.29, 0.717) is 18.2 Å². The molecule has 4 rings (SSSR count). The first-order chi connectivity index (χ1) is 12.2. The van der Waals surface area contributed by atoms with Gasteiger partial charge < -0.3 is 14.6 Å². The summed E-state index contributed by atoms with van der Waals surface area (Å²) >= 11 is 6.42. The third kappa shape index (κ3) is 3.41. The number of carbonyl (C=O) groups is 1. The molecular weight excluding hydrogens is 340 g/mol. The van der Waals surface area contributed by atoms with Crippen LogP contribution in [0.4, 0.5) is 5.69 Å². The van der Waals surface area contributed by atoms with Crippen molar-refractivity contribution in [3.63, 3.8) is 0 Å². The molecule has 1 fully saturated rings. The van der Waals surface area contributed by atoms with E-state index >= 15 is 0 Å². The van der Waals surface area contributed by atoms with Gasteiger partial charge in [-0.3, -0.25) is 4.79 Å². The number of aryl methyl sites for hydroxylation is 1. The number of hydrogen-bond donors (Lipinski definition) is 1. The molecule has 6 nitrogen and oxygen atoms in total. The lowest BCUT2D eigenvalue weighted by Gasteiger charge is -2.12. The Kier molecular flexibility index (Phi) is 4.72. The molecule has 1 saturated heterocycles. The third-order valence-electron chi connectivity index (χ3n) is 4.88. The van der Waals surface area contributed by atoms with Gasteiger partial charge in [0.1, 0.15) is 5.82 Å². The number of anilines is 1. The van der Waals surface area contributed by atoms with Crippen molar-refractivity contribution in [3.8, 4) is 11.4 Å². The van der Waals surface area contributed by atoms with E-state index in [1.165, 1.54) is 6.42 Å². The molecule has 0 saturated carbocycles. The van der Waals surface area contributed by atoms with Crippen LogP contribution in [0.2, 0.25) is 5.02 Å². The average molecular weight is 361 g/mol. The second kappa shape index (κ2) is 7.14. The molecule has 1 atom stereocenters. The molecule has 1 amide bonds. The zero-order valence-electron chi connectivity index (χ0n) is 14.0. The van der Waals surface area contributed by atoms with Crippen LogP contribution in [0.15, 0.2) is 18.2 Å². The summed E-state index contributed by atoms with van der Waals surface area (Å²) in [6.45, 7) is 2.05. The zero-order valence-corrected chi connectivity index (χ0v) is 14.8. The highest BCUT2D eigenvalue weighted by Crippen LogP contribution is 2.31. The number of aromatic nitrogens is 3. The van der Waals surface area contributed by atoms with Gasteiger partial charge in [0.25, 0.3) is 0 Å². The van der Waals surface area contributed by atoms with Crippen LogP contribution in [0, 0.1) is 5.92 Å². The van der Waals surface area contributed by atoms with Crippen molar-refractivity contribution in [3.05, 3.63) is 29.0 Å². The second-order valence-electron chi connectivity index (χ2n) is 6.65. The summed E-state index contributed by atoms with van der Waals surface area (Å²) in [6, 6.07) is 5.51. The Hall–Kier alpha value is -1.92. The number of carbonyl (C=O) groups excluding carboxylic acids is 1. The van der Waals surface area contributed by atoms with Gasteiger partial charge in [-0.25, -0.2) is 0 Å². The van der Waals surface area contributed by atoms with Crippen LogP contribution in [-0.2, 0) is 22.5 Å². The SMILES string of the molecule is O=C(Nc1ccc(Cl)c(-c2nnc3n2CCCCC3)c1)C1CCOC1. The number of benzene rings is 1. The molecule has 1 unspecified atom stereocenters. The Balaban J connectivity index is 1.62. The van der Waals surface area contributed by atoms with Crippen LogP contribution < -0.4 is 5.32 Å². The lowest BCUT2D eigenvalue weighted by atomic mass is 10.1. The molecule has 7 heteroatoms. The number of halogens is 1. The maximum Gasteiger partial charge on any atom is 0.229 e. The summed E-state index contributed by atoms with van der Waals surface area (Å²) in [5, 5.41) is 12.3. The highest BCUT2D eigenvalue weighted by atomic mass is 35.5. The molecule has 1 aromatic carbocycles. The molecule has 0 spiro atoms. The largest absolute Gasteiger partial charge is 0.381 e. The van der Waals surface area contributed by atoms with Crippen LogP contribution in [0.25, 0.3) is 11.4 Å². The quantitative estimate of drug-likeness (QED) is 0.911. The molecular formula is C18H21ClN4O2. The highest BCUT2D eigenvalue weighted by molar-refractivity contribution is 6.33. The summed E-state index contributed by atoms with van der Waals surface area (Å²) in [5.74, 6) is 1.71. The van der Waals surface area contributed by atoms with Crippen molar-refractivity contribution < 1.29 is 9.53 Å². The predicted molar refractivity (Wildman–Crippen MR) is 95.6 cm³/mol. The van der Waals surface area contributed by atoms with E-state index in [2.05, 4.69) is 20.1 Å². The lowest BCUT2D eigenvalue weighted by molar-refractivity contribution is -0.119. The molecule has 3 heterocycles. The van der Waals surface area contributed by atoms with Crippen molar-refractivity contribution in [1.29, 1.82) is 0 Å². The van der Waals surface area contributed by atoms with E-state index in [0.717, 1.165) is 55.1 Å². The molecule has 2 aliphatic heterocycles. The van der Waals surface area contributed by atoms with Gasteiger partial charge in [-0.2, -0.15) is 0 Å². The monoisotopic (exact) mass is 360 g/mol. The Labute approximate surface area is 151 Å². The van der Waals surface area contributed by atoms with Crippen molar-refractivity contribution in [2.24, 2.45) is 5.92 Å². The molecule has 0 bridgehead atoms. The standard InChI is InChI=1S/C18H21ClN4O2/c19-15-6-5-13(20-18(24)12-7-9-25-11-12)10-14(15)17-22-21-16-4-2-1-3-8-23(16)17/h5-6,10,12H,1-4,7-9,11H2,(H,20,24). The van der Waals surface area contributed by atoms with Crippen LogP contribution in [0.3, 0.4) is 0 Å². The fourth-order valence-electron chi connectivity index (χ4n) is 3.44. The van der Waals surface area contributed by atoms with E-state index in [1.54, 1.807) is 6.07 Å². The van der Waals surface area contributed by atoms with Gasteiger partial charge in [0.15, 0.2) is 5.82 Å². The summed E-state index contributed by atoms with van der Waals surface area (Å²) in [4.78, 5) is 12.3. The normalized spacial score (nSPS) is 20.1. The van der Waals surface area contributed by atoms with Crippen LogP contribution in [-0.4, -0.2) is 33.9 Å². The number of nitrogens with zero attached hydrogens (tertiary/aromatic N) is 3. The molecule has 1 aromatic heterocycles. The molecule has 1 N–H and O–H groups in total. The Morgan fingerprint density at radius 2 is 2.20 bits per heavy atom. The van der Waals surface area contributed by atoms with E-state index in [1.807, 2.05) is 12.1 Å². The number of rotatable bonds is 3. The summed E-state index contributed by atoms with van der Waals surface area (Å²) in [7, 11) is 0. The smallest absolute Gasteiger partial charge is 0.229 e. The maximum absolute atomic E-state index is 12.3. The number of ether oxygens (including phenoxy) is 1. The van der Waals surface area contributed by atoms with Gasteiger partial charge >= 0.3 is 0 Å². The summed E-state index contributed by atoms with van der Waals surface area (Å²) < 4.78 is 7.45. The van der Waals surface area contributed by atoms with Gasteiger partial charge in [-0.1, -0.05) is 18.0 Å². The second-order valence-corrected chi connectivity index (χ2v) is 7.05. The van der Waals surface area contributed by atoms with Crippen LogP contribution in [0.5, 0.6) is 0 Å². The first kappa shape index (κ1) is 16.5. The van der Waals surface area contributed by atoms with E-state index in [-0.39, 0.29) is 11.8 Å². The fraction of sp³-hybridized carbons (Fsp3) is 0.500. The van der Waals surface area contributed by atoms with Gasteiger partial charge in [0, 0.05) is 30.8 Å². The number of hydrogen-bond acceptors (Lipinski definition) is 4. The molecule has 25 heavy (non-hydrogen) atoms. The molecule has 2 aromatic rings. The van der Waals surface area contributed by atoms with Crippen molar-refractivity contribution in [2.45, 2.75) is 38.6 Å². The number of amides is 1. The fourth-order valence-corrected chi connectivity index (χ4v) is 3.65.